The first-order valence-electron chi connectivity index (χ1n) is 25.7. The molecule has 5 heteroatoms. The van der Waals surface area contributed by atoms with Crippen LogP contribution in [-0.2, 0) is 0 Å². The SMILES string of the molecule is C1=[N+](c2cccc(B(c3ccc4c5ccccc5n(-c5ccccn5)c4c3)c3c(-c4ccccc4)cccc3-c3ccccc3)c2)c2ccc3ccccc3c2[N+]=1c1c(-c2ccccc2)cccc1-c1ccccc1. The second-order valence-electron chi connectivity index (χ2n) is 19.2. The molecular formula is C70H47BN4+2. The molecule has 14 rings (SSSR count). The van der Waals surface area contributed by atoms with E-state index in [1.54, 1.807) is 0 Å². The van der Waals surface area contributed by atoms with E-state index in [-0.39, 0.29) is 6.71 Å². The fourth-order valence-corrected chi connectivity index (χ4v) is 11.6. The van der Waals surface area contributed by atoms with Crippen LogP contribution in [-0.4, -0.2) is 22.3 Å². The average Bonchev–Trinajstić information content (AvgIpc) is 4.05. The Morgan fingerprint density at radius 1 is 0.360 bits per heavy atom. The molecule has 0 radical (unpaired) electrons. The second kappa shape index (κ2) is 18.6. The molecule has 0 N–H and O–H groups in total. The second-order valence-corrected chi connectivity index (χ2v) is 19.2. The summed E-state index contributed by atoms with van der Waals surface area (Å²) in [5.74, 6) is 0.883. The zero-order chi connectivity index (χ0) is 49.7. The fourth-order valence-electron chi connectivity index (χ4n) is 11.6. The van der Waals surface area contributed by atoms with Crippen LogP contribution >= 0.6 is 0 Å². The highest BCUT2D eigenvalue weighted by molar-refractivity contribution is 6.97. The van der Waals surface area contributed by atoms with E-state index in [0.717, 1.165) is 72.7 Å². The van der Waals surface area contributed by atoms with Crippen molar-refractivity contribution in [3.05, 3.63) is 285 Å². The Kier molecular flexibility index (Phi) is 10.9. The summed E-state index contributed by atoms with van der Waals surface area (Å²) < 4.78 is 6.93. The molecule has 0 bridgehead atoms. The van der Waals surface area contributed by atoms with Gasteiger partial charge in [0, 0.05) is 35.2 Å². The van der Waals surface area contributed by atoms with E-state index >= 15 is 0 Å². The number of hydrogen-bond acceptors (Lipinski definition) is 1. The minimum Gasteiger partial charge on any atom is -0.294 e. The molecule has 0 saturated carbocycles. The van der Waals surface area contributed by atoms with Gasteiger partial charge in [-0.15, -0.1) is 0 Å². The van der Waals surface area contributed by atoms with E-state index in [9.17, 15) is 0 Å². The third-order valence-electron chi connectivity index (χ3n) is 14.9. The third kappa shape index (κ3) is 7.61. The maximum atomic E-state index is 4.93. The molecule has 1 aliphatic rings. The summed E-state index contributed by atoms with van der Waals surface area (Å²) in [6, 6.07) is 105. The number of para-hydroxylation sites is 2. The number of nitrogens with zero attached hydrogens (tertiary/aromatic N) is 4. The van der Waals surface area contributed by atoms with Crippen molar-refractivity contribution in [3.8, 4) is 50.3 Å². The van der Waals surface area contributed by atoms with Crippen molar-refractivity contribution >= 4 is 84.4 Å². The van der Waals surface area contributed by atoms with Crippen molar-refractivity contribution in [1.29, 1.82) is 0 Å². The summed E-state index contributed by atoms with van der Waals surface area (Å²) in [5, 5.41) is 4.70. The van der Waals surface area contributed by atoms with Crippen LogP contribution in [0.2, 0.25) is 0 Å². The van der Waals surface area contributed by atoms with Crippen LogP contribution in [0.1, 0.15) is 0 Å². The van der Waals surface area contributed by atoms with Gasteiger partial charge in [-0.2, -0.15) is 0 Å². The highest BCUT2D eigenvalue weighted by Crippen LogP contribution is 2.47. The summed E-state index contributed by atoms with van der Waals surface area (Å²) in [4.78, 5) is 4.93. The van der Waals surface area contributed by atoms with Crippen LogP contribution in [0.5, 0.6) is 0 Å². The smallest absolute Gasteiger partial charge is 0.294 e. The molecule has 0 spiro atoms. The molecule has 0 aliphatic carbocycles. The quantitative estimate of drug-likeness (QED) is 0.0990. The lowest BCUT2D eigenvalue weighted by Crippen LogP contribution is -2.53. The molecule has 2 aromatic heterocycles. The van der Waals surface area contributed by atoms with Gasteiger partial charge in [0.05, 0.1) is 27.5 Å². The molecule has 4 nitrogen and oxygen atoms in total. The molecule has 0 atom stereocenters. The first kappa shape index (κ1) is 43.8. The van der Waals surface area contributed by atoms with Crippen LogP contribution in [0.15, 0.2) is 285 Å². The lowest BCUT2D eigenvalue weighted by molar-refractivity contribution is 1.08. The van der Waals surface area contributed by atoms with Gasteiger partial charge in [0.1, 0.15) is 5.82 Å². The Hall–Kier alpha value is -9.93. The summed E-state index contributed by atoms with van der Waals surface area (Å²) in [6.07, 6.45) is 1.88. The Balaban J connectivity index is 1.06. The predicted molar refractivity (Wildman–Crippen MR) is 316 cm³/mol. The van der Waals surface area contributed by atoms with Gasteiger partial charge >= 0.3 is 11.7 Å². The van der Waals surface area contributed by atoms with Crippen LogP contribution in [0.4, 0.5) is 22.7 Å². The molecule has 0 saturated heterocycles. The molecular weight excluding hydrogens is 908 g/mol. The lowest BCUT2D eigenvalue weighted by atomic mass is 9.35. The summed E-state index contributed by atoms with van der Waals surface area (Å²) >= 11 is 0. The van der Waals surface area contributed by atoms with E-state index in [1.807, 2.05) is 12.3 Å². The lowest BCUT2D eigenvalue weighted by Gasteiger charge is -2.23. The number of hydrogen-bond donors (Lipinski definition) is 0. The number of fused-ring (bicyclic) bond motifs is 6. The fraction of sp³-hybridized carbons (Fsp3) is 0. The van der Waals surface area contributed by atoms with Crippen molar-refractivity contribution in [2.75, 3.05) is 0 Å². The van der Waals surface area contributed by atoms with Gasteiger partial charge in [-0.25, -0.2) is 4.98 Å². The maximum Gasteiger partial charge on any atom is 0.503 e. The summed E-state index contributed by atoms with van der Waals surface area (Å²) in [7, 11) is 0. The van der Waals surface area contributed by atoms with Crippen LogP contribution in [0.3, 0.4) is 0 Å². The third-order valence-corrected chi connectivity index (χ3v) is 14.9. The molecule has 0 amide bonds. The molecule has 11 aromatic carbocycles. The summed E-state index contributed by atoms with van der Waals surface area (Å²) in [5.41, 5.74) is 19.3. The topological polar surface area (TPSA) is 23.8 Å². The van der Waals surface area contributed by atoms with E-state index < -0.39 is 0 Å². The Bertz CT molecular complexity index is 4260. The maximum absolute atomic E-state index is 4.93. The minimum atomic E-state index is -0.227. The Morgan fingerprint density at radius 3 is 1.53 bits per heavy atom. The van der Waals surface area contributed by atoms with Gasteiger partial charge < -0.3 is 0 Å². The zero-order valence-electron chi connectivity index (χ0n) is 41.0. The van der Waals surface area contributed by atoms with Crippen molar-refractivity contribution < 1.29 is 0 Å². The zero-order valence-corrected chi connectivity index (χ0v) is 41.0. The van der Waals surface area contributed by atoms with Crippen LogP contribution in [0.25, 0.3) is 82.9 Å². The first-order valence-corrected chi connectivity index (χ1v) is 25.7. The van der Waals surface area contributed by atoms with Crippen molar-refractivity contribution in [3.63, 3.8) is 0 Å². The monoisotopic (exact) mass is 954 g/mol. The van der Waals surface area contributed by atoms with Gasteiger partial charge in [-0.1, -0.05) is 229 Å². The highest BCUT2D eigenvalue weighted by Gasteiger charge is 2.42. The van der Waals surface area contributed by atoms with Crippen LogP contribution in [0, 0.1) is 0 Å². The predicted octanol–water partition coefficient (Wildman–Crippen LogP) is 15.4. The largest absolute Gasteiger partial charge is 0.503 e. The van der Waals surface area contributed by atoms with Gasteiger partial charge in [-0.3, -0.25) is 4.57 Å². The van der Waals surface area contributed by atoms with E-state index in [4.69, 9.17) is 4.98 Å². The van der Waals surface area contributed by atoms with E-state index in [1.165, 1.54) is 49.3 Å². The molecule has 0 fully saturated rings. The van der Waals surface area contributed by atoms with Crippen molar-refractivity contribution in [2.45, 2.75) is 0 Å². The molecule has 348 valence electrons. The standard InChI is InChI=1S/C70H47BN4/c1-5-22-49(23-6-1)57-35-20-36-58(50-24-7-2-8-25-50)68(57)71(55-42-43-63-62-34-15-16-39-64(62)75(66(63)47-55)67-40-17-18-45-72-67)54-31-19-32-56(46-54)73-48-74(70-61-33-14-13-30-53(61)41-44-65(70)73)69-59(51-26-9-3-10-27-51)37-21-38-60(69)52-28-11-4-12-29-52/h1-47H/q+2. The van der Waals surface area contributed by atoms with Crippen molar-refractivity contribution in [2.24, 2.45) is 0 Å². The Morgan fingerprint density at radius 2 is 0.893 bits per heavy atom. The highest BCUT2D eigenvalue weighted by atomic mass is 15.2. The number of rotatable bonds is 10. The molecule has 3 heterocycles. The van der Waals surface area contributed by atoms with Crippen LogP contribution < -0.4 is 25.5 Å². The summed E-state index contributed by atoms with van der Waals surface area (Å²) in [6.45, 7) is -0.227. The number of pyridine rings is 1. The number of aromatic nitrogens is 2. The molecule has 13 aromatic rings. The number of benzene rings is 11. The average molecular weight is 955 g/mol. The minimum absolute atomic E-state index is 0.227. The first-order chi connectivity index (χ1) is 37.2. The normalized spacial score (nSPS) is 11.9. The van der Waals surface area contributed by atoms with Gasteiger partial charge in [-0.05, 0) is 96.4 Å². The van der Waals surface area contributed by atoms with E-state index in [0.29, 0.717) is 0 Å². The molecule has 1 aliphatic heterocycles. The van der Waals surface area contributed by atoms with Gasteiger partial charge in [0.25, 0.3) is 5.69 Å². The van der Waals surface area contributed by atoms with Crippen molar-refractivity contribution in [1.82, 2.24) is 18.7 Å². The van der Waals surface area contributed by atoms with E-state index in [2.05, 4.69) is 293 Å². The molecule has 75 heavy (non-hydrogen) atoms. The Labute approximate surface area is 436 Å². The van der Waals surface area contributed by atoms with Gasteiger partial charge in [0.2, 0.25) is 18.1 Å². The van der Waals surface area contributed by atoms with Gasteiger partial charge in [0.15, 0.2) is 0 Å². The molecule has 0 unspecified atom stereocenters.